The van der Waals surface area contributed by atoms with E-state index in [0.29, 0.717) is 28.7 Å². The van der Waals surface area contributed by atoms with Crippen molar-refractivity contribution in [2.45, 2.75) is 13.8 Å². The third-order valence-corrected chi connectivity index (χ3v) is 6.64. The van der Waals surface area contributed by atoms with Gasteiger partial charge in [-0.3, -0.25) is 4.79 Å². The van der Waals surface area contributed by atoms with Crippen LogP contribution in [0.3, 0.4) is 0 Å². The summed E-state index contributed by atoms with van der Waals surface area (Å²) in [5, 5.41) is 1.97. The Morgan fingerprint density at radius 3 is 2.56 bits per heavy atom. The van der Waals surface area contributed by atoms with E-state index in [1.54, 1.807) is 29.5 Å². The first-order valence-corrected chi connectivity index (χ1v) is 10.4. The molecule has 0 aliphatic carbocycles. The highest BCUT2D eigenvalue weighted by atomic mass is 35.5. The van der Waals surface area contributed by atoms with Crippen LogP contribution in [0.5, 0.6) is 0 Å². The Morgan fingerprint density at radius 1 is 1.07 bits per heavy atom. The molecule has 27 heavy (non-hydrogen) atoms. The maximum atomic E-state index is 12.8. The smallest absolute Gasteiger partial charge is 0.255 e. The van der Waals surface area contributed by atoms with Crippen LogP contribution in [0, 0.1) is 13.8 Å². The van der Waals surface area contributed by atoms with E-state index in [-0.39, 0.29) is 5.91 Å². The van der Waals surface area contributed by atoms with E-state index in [4.69, 9.17) is 28.2 Å². The van der Waals surface area contributed by atoms with Gasteiger partial charge in [-0.1, -0.05) is 40.6 Å². The third-order valence-electron chi connectivity index (χ3n) is 4.81. The van der Waals surface area contributed by atoms with Crippen molar-refractivity contribution in [2.24, 2.45) is 0 Å². The number of rotatable bonds is 2. The van der Waals surface area contributed by atoms with E-state index in [1.165, 1.54) is 15.8 Å². The number of hydrogen-bond donors (Lipinski definition) is 0. The number of piperazine rings is 1. The number of carbonyl (C=O) groups is 1. The maximum Gasteiger partial charge on any atom is 0.255 e. The summed E-state index contributed by atoms with van der Waals surface area (Å²) in [6.07, 6.45) is 0. The number of amides is 1. The van der Waals surface area contributed by atoms with Crippen molar-refractivity contribution < 1.29 is 4.79 Å². The Bertz CT molecular complexity index is 1030. The molecule has 1 fully saturated rings. The second-order valence-corrected chi connectivity index (χ2v) is 8.65. The van der Waals surface area contributed by atoms with Gasteiger partial charge in [0.2, 0.25) is 0 Å². The number of thiazole rings is 1. The molecule has 0 unspecified atom stereocenters. The van der Waals surface area contributed by atoms with Crippen LogP contribution in [0.2, 0.25) is 10.0 Å². The number of aromatic nitrogens is 1. The SMILES string of the molecule is Cc1cc(C)c2sc(N3CCN(C(=O)c4cc(Cl)ccc4Cl)CC3)nc2c1. The quantitative estimate of drug-likeness (QED) is 0.573. The van der Waals surface area contributed by atoms with Gasteiger partial charge in [0.15, 0.2) is 5.13 Å². The van der Waals surface area contributed by atoms with Gasteiger partial charge >= 0.3 is 0 Å². The van der Waals surface area contributed by atoms with Crippen LogP contribution in [-0.4, -0.2) is 42.0 Å². The molecule has 0 N–H and O–H groups in total. The van der Waals surface area contributed by atoms with Gasteiger partial charge in [-0.25, -0.2) is 4.98 Å². The molecular formula is C20H19Cl2N3OS. The topological polar surface area (TPSA) is 36.4 Å². The lowest BCUT2D eigenvalue weighted by Crippen LogP contribution is -2.48. The van der Waals surface area contributed by atoms with Crippen LogP contribution >= 0.6 is 34.5 Å². The molecule has 2 aromatic carbocycles. The zero-order valence-corrected chi connectivity index (χ0v) is 17.5. The number of aryl methyl sites for hydroxylation is 2. The van der Waals surface area contributed by atoms with Crippen molar-refractivity contribution in [1.82, 2.24) is 9.88 Å². The van der Waals surface area contributed by atoms with Crippen LogP contribution in [0.15, 0.2) is 30.3 Å². The predicted molar refractivity (Wildman–Crippen MR) is 114 cm³/mol. The van der Waals surface area contributed by atoms with Crippen LogP contribution < -0.4 is 4.90 Å². The van der Waals surface area contributed by atoms with Gasteiger partial charge in [0, 0.05) is 31.2 Å². The van der Waals surface area contributed by atoms with Crippen LogP contribution in [0.4, 0.5) is 5.13 Å². The molecule has 0 atom stereocenters. The summed E-state index contributed by atoms with van der Waals surface area (Å²) in [6.45, 7) is 6.99. The number of carbonyl (C=O) groups excluding carboxylic acids is 1. The number of benzene rings is 2. The summed E-state index contributed by atoms with van der Waals surface area (Å²) >= 11 is 13.9. The molecule has 7 heteroatoms. The van der Waals surface area contributed by atoms with Crippen molar-refractivity contribution in [1.29, 1.82) is 0 Å². The molecule has 2 heterocycles. The highest BCUT2D eigenvalue weighted by molar-refractivity contribution is 7.22. The molecule has 0 bridgehead atoms. The Kier molecular flexibility index (Phi) is 5.01. The average Bonchev–Trinajstić information content (AvgIpc) is 3.07. The molecule has 4 rings (SSSR count). The van der Waals surface area contributed by atoms with Crippen molar-refractivity contribution in [2.75, 3.05) is 31.1 Å². The first-order chi connectivity index (χ1) is 12.9. The molecule has 0 spiro atoms. The number of fused-ring (bicyclic) bond motifs is 1. The van der Waals surface area contributed by atoms with E-state index in [2.05, 4.69) is 30.9 Å². The van der Waals surface area contributed by atoms with Gasteiger partial charge in [0.05, 0.1) is 20.8 Å². The summed E-state index contributed by atoms with van der Waals surface area (Å²) in [7, 11) is 0. The fourth-order valence-electron chi connectivity index (χ4n) is 3.43. The number of hydrogen-bond acceptors (Lipinski definition) is 4. The van der Waals surface area contributed by atoms with Crippen LogP contribution in [-0.2, 0) is 0 Å². The van der Waals surface area contributed by atoms with Crippen molar-refractivity contribution >= 4 is 55.8 Å². The molecule has 3 aromatic rings. The zero-order chi connectivity index (χ0) is 19.1. The van der Waals surface area contributed by atoms with Gasteiger partial charge in [-0.15, -0.1) is 0 Å². The lowest BCUT2D eigenvalue weighted by molar-refractivity contribution is 0.0747. The molecule has 1 saturated heterocycles. The fraction of sp³-hybridized carbons (Fsp3) is 0.300. The Hall–Kier alpha value is -1.82. The molecular weight excluding hydrogens is 401 g/mol. The first kappa shape index (κ1) is 18.5. The molecule has 1 amide bonds. The normalized spacial score (nSPS) is 14.8. The Morgan fingerprint density at radius 2 is 1.81 bits per heavy atom. The molecule has 4 nitrogen and oxygen atoms in total. The third kappa shape index (κ3) is 3.64. The monoisotopic (exact) mass is 419 g/mol. The Labute approximate surface area is 172 Å². The zero-order valence-electron chi connectivity index (χ0n) is 15.1. The van der Waals surface area contributed by atoms with E-state index in [0.717, 1.165) is 23.7 Å². The minimum Gasteiger partial charge on any atom is -0.345 e. The number of halogens is 2. The second kappa shape index (κ2) is 7.30. The summed E-state index contributed by atoms with van der Waals surface area (Å²) in [5.41, 5.74) is 4.00. The van der Waals surface area contributed by atoms with Crippen molar-refractivity contribution in [3.05, 3.63) is 57.1 Å². The highest BCUT2D eigenvalue weighted by Gasteiger charge is 2.25. The van der Waals surface area contributed by atoms with E-state index < -0.39 is 0 Å². The van der Waals surface area contributed by atoms with Gasteiger partial charge in [0.25, 0.3) is 5.91 Å². The molecule has 1 aliphatic heterocycles. The molecule has 140 valence electrons. The number of anilines is 1. The van der Waals surface area contributed by atoms with Crippen LogP contribution in [0.1, 0.15) is 21.5 Å². The fourth-order valence-corrected chi connectivity index (χ4v) is 4.87. The molecule has 1 aliphatic rings. The first-order valence-electron chi connectivity index (χ1n) is 8.79. The average molecular weight is 420 g/mol. The standard InChI is InChI=1S/C20H19Cl2N3OS/c1-12-9-13(2)18-17(10-12)23-20(27-18)25-7-5-24(6-8-25)19(26)15-11-14(21)3-4-16(15)22/h3-4,9-11H,5-8H2,1-2H3. The lowest BCUT2D eigenvalue weighted by atomic mass is 10.1. The van der Waals surface area contributed by atoms with Gasteiger partial charge < -0.3 is 9.80 Å². The van der Waals surface area contributed by atoms with E-state index in [9.17, 15) is 4.79 Å². The summed E-state index contributed by atoms with van der Waals surface area (Å²) in [5.74, 6) is -0.0714. The van der Waals surface area contributed by atoms with Gasteiger partial charge in [-0.2, -0.15) is 0 Å². The summed E-state index contributed by atoms with van der Waals surface area (Å²) in [6, 6.07) is 9.31. The second-order valence-electron chi connectivity index (χ2n) is 6.83. The van der Waals surface area contributed by atoms with Crippen LogP contribution in [0.25, 0.3) is 10.2 Å². The molecule has 0 saturated carbocycles. The highest BCUT2D eigenvalue weighted by Crippen LogP contribution is 2.32. The molecule has 1 aromatic heterocycles. The largest absolute Gasteiger partial charge is 0.345 e. The Balaban J connectivity index is 1.50. The minimum atomic E-state index is -0.0714. The maximum absolute atomic E-state index is 12.8. The lowest BCUT2D eigenvalue weighted by Gasteiger charge is -2.34. The van der Waals surface area contributed by atoms with Crippen molar-refractivity contribution in [3.8, 4) is 0 Å². The van der Waals surface area contributed by atoms with Gasteiger partial charge in [-0.05, 0) is 49.2 Å². The van der Waals surface area contributed by atoms with Gasteiger partial charge in [0.1, 0.15) is 0 Å². The van der Waals surface area contributed by atoms with Crippen molar-refractivity contribution in [3.63, 3.8) is 0 Å². The summed E-state index contributed by atoms with van der Waals surface area (Å²) < 4.78 is 1.24. The summed E-state index contributed by atoms with van der Waals surface area (Å²) in [4.78, 5) is 21.7. The van der Waals surface area contributed by atoms with E-state index >= 15 is 0 Å². The molecule has 0 radical (unpaired) electrons. The number of nitrogens with zero attached hydrogens (tertiary/aromatic N) is 3. The minimum absolute atomic E-state index is 0.0714. The predicted octanol–water partition coefficient (Wildman–Crippen LogP) is 5.18. The van der Waals surface area contributed by atoms with E-state index in [1.807, 2.05) is 4.90 Å².